The molecule has 0 amide bonds. The van der Waals surface area contributed by atoms with E-state index in [-0.39, 0.29) is 5.75 Å². The molecule has 6 nitrogen and oxygen atoms in total. The molecular formula is C14H17N3O3S. The minimum Gasteiger partial charge on any atom is -0.497 e. The van der Waals surface area contributed by atoms with E-state index in [4.69, 9.17) is 4.74 Å². The van der Waals surface area contributed by atoms with Crippen LogP contribution in [0.4, 0.5) is 17.2 Å². The number of pyridine rings is 1. The van der Waals surface area contributed by atoms with Crippen LogP contribution in [0.15, 0.2) is 42.6 Å². The Bertz CT molecular complexity index is 682. The van der Waals surface area contributed by atoms with Crippen LogP contribution < -0.4 is 14.8 Å². The third-order valence-corrected chi connectivity index (χ3v) is 4.09. The number of benzene rings is 1. The molecule has 0 spiro atoms. The van der Waals surface area contributed by atoms with Crippen molar-refractivity contribution in [1.82, 2.24) is 4.98 Å². The Kier molecular flexibility index (Phi) is 4.64. The molecule has 0 fully saturated rings. The molecule has 0 atom stereocenters. The summed E-state index contributed by atoms with van der Waals surface area (Å²) in [6.45, 7) is 1.58. The van der Waals surface area contributed by atoms with Gasteiger partial charge in [0.15, 0.2) is 0 Å². The van der Waals surface area contributed by atoms with E-state index in [9.17, 15) is 8.42 Å². The summed E-state index contributed by atoms with van der Waals surface area (Å²) in [5.74, 6) is 1.43. The molecule has 0 bridgehead atoms. The summed E-state index contributed by atoms with van der Waals surface area (Å²) in [4.78, 5) is 4.17. The Morgan fingerprint density at radius 2 is 1.76 bits per heavy atom. The van der Waals surface area contributed by atoms with Gasteiger partial charge in [-0.05, 0) is 43.3 Å². The van der Waals surface area contributed by atoms with E-state index in [1.165, 1.54) is 6.20 Å². The minimum atomic E-state index is -3.28. The molecule has 2 aromatic rings. The molecule has 0 aliphatic carbocycles. The highest BCUT2D eigenvalue weighted by Gasteiger charge is 2.06. The average Bonchev–Trinajstić information content (AvgIpc) is 2.50. The first-order valence-electron chi connectivity index (χ1n) is 6.40. The van der Waals surface area contributed by atoms with Crippen LogP contribution in [0, 0.1) is 0 Å². The zero-order chi connectivity index (χ0) is 15.3. The number of ether oxygens (including phenoxy) is 1. The zero-order valence-corrected chi connectivity index (χ0v) is 12.6. The lowest BCUT2D eigenvalue weighted by molar-refractivity contribution is 0.415. The zero-order valence-electron chi connectivity index (χ0n) is 11.8. The van der Waals surface area contributed by atoms with Crippen molar-refractivity contribution < 1.29 is 13.2 Å². The van der Waals surface area contributed by atoms with Crippen LogP contribution in [0.2, 0.25) is 0 Å². The van der Waals surface area contributed by atoms with Crippen molar-refractivity contribution in [3.05, 3.63) is 42.6 Å². The maximum absolute atomic E-state index is 11.4. The van der Waals surface area contributed by atoms with Gasteiger partial charge in [0.25, 0.3) is 0 Å². The highest BCUT2D eigenvalue weighted by atomic mass is 32.2. The average molecular weight is 307 g/mol. The molecule has 1 heterocycles. The summed E-state index contributed by atoms with van der Waals surface area (Å²) in [7, 11) is -1.67. The van der Waals surface area contributed by atoms with Gasteiger partial charge in [-0.2, -0.15) is 0 Å². The molecule has 2 rings (SSSR count). The fraction of sp³-hybridized carbons (Fsp3) is 0.214. The van der Waals surface area contributed by atoms with Gasteiger partial charge < -0.3 is 10.1 Å². The molecule has 0 unspecified atom stereocenters. The van der Waals surface area contributed by atoms with Gasteiger partial charge in [0.2, 0.25) is 10.0 Å². The standard InChI is InChI=1S/C14H17N3O3S/c1-3-21(18,19)17-12-6-9-14(15-10-12)16-11-4-7-13(20-2)8-5-11/h4-10,17H,3H2,1-2H3,(H,15,16). The number of anilines is 3. The number of sulfonamides is 1. The van der Waals surface area contributed by atoms with Crippen molar-refractivity contribution in [3.8, 4) is 5.75 Å². The second-order valence-corrected chi connectivity index (χ2v) is 6.30. The number of nitrogens with one attached hydrogen (secondary N) is 2. The Balaban J connectivity index is 2.05. The van der Waals surface area contributed by atoms with E-state index in [2.05, 4.69) is 15.0 Å². The molecule has 1 aromatic carbocycles. The number of aromatic nitrogens is 1. The SMILES string of the molecule is CCS(=O)(=O)Nc1ccc(Nc2ccc(OC)cc2)nc1. The van der Waals surface area contributed by atoms with E-state index in [1.54, 1.807) is 26.2 Å². The van der Waals surface area contributed by atoms with E-state index in [0.29, 0.717) is 11.5 Å². The summed E-state index contributed by atoms with van der Waals surface area (Å²) in [6.07, 6.45) is 1.47. The van der Waals surface area contributed by atoms with Gasteiger partial charge in [0, 0.05) is 5.69 Å². The van der Waals surface area contributed by atoms with Gasteiger partial charge in [-0.1, -0.05) is 0 Å². The van der Waals surface area contributed by atoms with E-state index in [0.717, 1.165) is 11.4 Å². The second kappa shape index (κ2) is 6.45. The van der Waals surface area contributed by atoms with Crippen molar-refractivity contribution in [2.45, 2.75) is 6.92 Å². The second-order valence-electron chi connectivity index (χ2n) is 4.29. The molecule has 0 aliphatic heterocycles. The van der Waals surface area contributed by atoms with Gasteiger partial charge in [-0.25, -0.2) is 13.4 Å². The van der Waals surface area contributed by atoms with E-state index >= 15 is 0 Å². The van der Waals surface area contributed by atoms with Crippen molar-refractivity contribution >= 4 is 27.2 Å². The number of methoxy groups -OCH3 is 1. The Hall–Kier alpha value is -2.28. The quantitative estimate of drug-likeness (QED) is 0.857. The van der Waals surface area contributed by atoms with E-state index in [1.807, 2.05) is 24.3 Å². The van der Waals surface area contributed by atoms with Crippen molar-refractivity contribution in [1.29, 1.82) is 0 Å². The Morgan fingerprint density at radius 3 is 2.29 bits per heavy atom. The van der Waals surface area contributed by atoms with Crippen LogP contribution in [-0.4, -0.2) is 26.3 Å². The van der Waals surface area contributed by atoms with Crippen LogP contribution in [0.25, 0.3) is 0 Å². The largest absolute Gasteiger partial charge is 0.497 e. The number of rotatable bonds is 6. The monoisotopic (exact) mass is 307 g/mol. The smallest absolute Gasteiger partial charge is 0.232 e. The first kappa shape index (κ1) is 15.1. The number of nitrogens with zero attached hydrogens (tertiary/aromatic N) is 1. The highest BCUT2D eigenvalue weighted by Crippen LogP contribution is 2.19. The summed E-state index contributed by atoms with van der Waals surface area (Å²) in [5.41, 5.74) is 1.31. The van der Waals surface area contributed by atoms with Gasteiger partial charge in [-0.15, -0.1) is 0 Å². The predicted octanol–water partition coefficient (Wildman–Crippen LogP) is 2.60. The molecule has 0 radical (unpaired) electrons. The molecule has 1 aromatic heterocycles. The molecule has 112 valence electrons. The lowest BCUT2D eigenvalue weighted by Crippen LogP contribution is -2.14. The van der Waals surface area contributed by atoms with Crippen molar-refractivity contribution in [2.75, 3.05) is 22.9 Å². The van der Waals surface area contributed by atoms with Gasteiger partial charge >= 0.3 is 0 Å². The van der Waals surface area contributed by atoms with Crippen LogP contribution in [-0.2, 0) is 10.0 Å². The molecular weight excluding hydrogens is 290 g/mol. The lowest BCUT2D eigenvalue weighted by atomic mass is 10.3. The third kappa shape index (κ3) is 4.35. The van der Waals surface area contributed by atoms with Gasteiger partial charge in [0.1, 0.15) is 11.6 Å². The minimum absolute atomic E-state index is 0.0266. The van der Waals surface area contributed by atoms with Crippen LogP contribution in [0.3, 0.4) is 0 Å². The molecule has 0 saturated carbocycles. The lowest BCUT2D eigenvalue weighted by Gasteiger charge is -2.08. The molecule has 0 saturated heterocycles. The van der Waals surface area contributed by atoms with Crippen LogP contribution in [0.5, 0.6) is 5.75 Å². The Labute approximate surface area is 124 Å². The van der Waals surface area contributed by atoms with Crippen molar-refractivity contribution in [2.24, 2.45) is 0 Å². The summed E-state index contributed by atoms with van der Waals surface area (Å²) < 4.78 is 30.4. The molecule has 21 heavy (non-hydrogen) atoms. The normalized spacial score (nSPS) is 11.0. The molecule has 0 aliphatic rings. The van der Waals surface area contributed by atoms with Crippen LogP contribution in [0.1, 0.15) is 6.92 Å². The number of hydrogen-bond donors (Lipinski definition) is 2. The fourth-order valence-corrected chi connectivity index (χ4v) is 2.23. The third-order valence-electron chi connectivity index (χ3n) is 2.78. The summed E-state index contributed by atoms with van der Waals surface area (Å²) in [5, 5.41) is 3.12. The fourth-order valence-electron chi connectivity index (χ4n) is 1.60. The maximum atomic E-state index is 11.4. The molecule has 7 heteroatoms. The molecule has 2 N–H and O–H groups in total. The van der Waals surface area contributed by atoms with E-state index < -0.39 is 10.0 Å². The van der Waals surface area contributed by atoms with Gasteiger partial charge in [0.05, 0.1) is 24.7 Å². The highest BCUT2D eigenvalue weighted by molar-refractivity contribution is 7.92. The summed E-state index contributed by atoms with van der Waals surface area (Å²) >= 11 is 0. The topological polar surface area (TPSA) is 80.3 Å². The van der Waals surface area contributed by atoms with Crippen LogP contribution >= 0.6 is 0 Å². The van der Waals surface area contributed by atoms with Gasteiger partial charge in [-0.3, -0.25) is 4.72 Å². The Morgan fingerprint density at radius 1 is 1.10 bits per heavy atom. The number of hydrogen-bond acceptors (Lipinski definition) is 5. The first-order chi connectivity index (χ1) is 10.0. The van der Waals surface area contributed by atoms with Crippen molar-refractivity contribution in [3.63, 3.8) is 0 Å². The summed E-state index contributed by atoms with van der Waals surface area (Å²) in [6, 6.07) is 10.8. The maximum Gasteiger partial charge on any atom is 0.232 e. The predicted molar refractivity (Wildman–Crippen MR) is 83.6 cm³/mol. The first-order valence-corrected chi connectivity index (χ1v) is 8.05.